The molecule has 20 heavy (non-hydrogen) atoms. The van der Waals surface area contributed by atoms with Gasteiger partial charge >= 0.3 is 12.1 Å². The van der Waals surface area contributed by atoms with Crippen LogP contribution in [0.15, 0.2) is 18.3 Å². The number of hydrogen-bond donors (Lipinski definition) is 1. The van der Waals surface area contributed by atoms with Gasteiger partial charge in [-0.2, -0.15) is 13.2 Å². The number of nitrogens with zero attached hydrogens (tertiary/aromatic N) is 2. The first-order valence-corrected chi connectivity index (χ1v) is 5.85. The highest BCUT2D eigenvalue weighted by Crippen LogP contribution is 2.32. The van der Waals surface area contributed by atoms with Crippen LogP contribution in [0.25, 0.3) is 5.65 Å². The lowest BCUT2D eigenvalue weighted by Crippen LogP contribution is -2.17. The molecule has 1 N–H and O–H groups in total. The van der Waals surface area contributed by atoms with Crippen molar-refractivity contribution in [3.05, 3.63) is 35.3 Å². The number of imidazole rings is 1. The third-order valence-corrected chi connectivity index (χ3v) is 2.87. The number of alkyl halides is 3. The molecule has 0 spiro atoms. The Morgan fingerprint density at radius 1 is 1.30 bits per heavy atom. The zero-order chi connectivity index (χ0) is 15.3. The Bertz CT molecular complexity index is 681. The molecule has 2 aromatic heterocycles. The second-order valence-corrected chi connectivity index (χ2v) is 5.51. The quantitative estimate of drug-likeness (QED) is 0.874. The number of carbonyl (C=O) groups is 1. The van der Waals surface area contributed by atoms with Gasteiger partial charge < -0.3 is 5.11 Å². The van der Waals surface area contributed by atoms with Crippen LogP contribution < -0.4 is 0 Å². The van der Waals surface area contributed by atoms with Crippen LogP contribution in [0.5, 0.6) is 0 Å². The largest absolute Gasteiger partial charge is 0.477 e. The molecule has 0 saturated heterocycles. The summed E-state index contributed by atoms with van der Waals surface area (Å²) in [5.41, 5.74) is -1.32. The predicted octanol–water partition coefficient (Wildman–Crippen LogP) is 3.35. The minimum Gasteiger partial charge on any atom is -0.477 e. The lowest BCUT2D eigenvalue weighted by molar-refractivity contribution is -0.137. The van der Waals surface area contributed by atoms with E-state index < -0.39 is 23.1 Å². The van der Waals surface area contributed by atoms with Gasteiger partial charge in [-0.1, -0.05) is 20.8 Å². The van der Waals surface area contributed by atoms with Gasteiger partial charge in [-0.15, -0.1) is 0 Å². The van der Waals surface area contributed by atoms with Gasteiger partial charge in [0.25, 0.3) is 0 Å². The number of rotatable bonds is 1. The molecule has 0 amide bonds. The molecule has 0 aliphatic rings. The monoisotopic (exact) mass is 286 g/mol. The summed E-state index contributed by atoms with van der Waals surface area (Å²) in [7, 11) is 0. The van der Waals surface area contributed by atoms with Crippen molar-refractivity contribution >= 4 is 11.6 Å². The Labute approximate surface area is 112 Å². The van der Waals surface area contributed by atoms with E-state index in [0.717, 1.165) is 22.7 Å². The normalized spacial score (nSPS) is 12.9. The van der Waals surface area contributed by atoms with E-state index in [4.69, 9.17) is 0 Å². The molecular weight excluding hydrogens is 273 g/mol. The van der Waals surface area contributed by atoms with Crippen LogP contribution in [-0.4, -0.2) is 20.5 Å². The molecule has 2 rings (SSSR count). The van der Waals surface area contributed by atoms with Crippen LogP contribution >= 0.6 is 0 Å². The van der Waals surface area contributed by atoms with E-state index in [1.165, 1.54) is 0 Å². The van der Waals surface area contributed by atoms with Crippen molar-refractivity contribution in [2.45, 2.75) is 32.4 Å². The number of hydrogen-bond acceptors (Lipinski definition) is 2. The van der Waals surface area contributed by atoms with Crippen molar-refractivity contribution in [3.63, 3.8) is 0 Å². The van der Waals surface area contributed by atoms with Crippen LogP contribution in [0.4, 0.5) is 13.2 Å². The Balaban J connectivity index is 2.78. The maximum absolute atomic E-state index is 12.7. The Hall–Kier alpha value is -2.05. The zero-order valence-corrected chi connectivity index (χ0v) is 11.1. The average Bonchev–Trinajstić information content (AvgIpc) is 2.65. The molecule has 2 aromatic rings. The van der Waals surface area contributed by atoms with E-state index in [9.17, 15) is 23.1 Å². The lowest BCUT2D eigenvalue weighted by Gasteiger charge is -2.16. The summed E-state index contributed by atoms with van der Waals surface area (Å²) in [4.78, 5) is 15.4. The van der Waals surface area contributed by atoms with Gasteiger partial charge in [0.15, 0.2) is 5.69 Å². The summed E-state index contributed by atoms with van der Waals surface area (Å²) in [6.07, 6.45) is -3.40. The SMILES string of the molecule is CC(C)(C)c1nc2cc(C(F)(F)F)ccn2c1C(=O)O. The molecule has 0 saturated carbocycles. The van der Waals surface area contributed by atoms with E-state index in [1.54, 1.807) is 20.8 Å². The van der Waals surface area contributed by atoms with Crippen LogP contribution in [0, 0.1) is 0 Å². The highest BCUT2D eigenvalue weighted by atomic mass is 19.4. The molecule has 0 aromatic carbocycles. The number of carboxylic acids is 1. The summed E-state index contributed by atoms with van der Waals surface area (Å²) in [5, 5.41) is 9.26. The van der Waals surface area contributed by atoms with Crippen molar-refractivity contribution in [3.8, 4) is 0 Å². The van der Waals surface area contributed by atoms with Crippen molar-refractivity contribution in [1.82, 2.24) is 9.38 Å². The van der Waals surface area contributed by atoms with Gasteiger partial charge in [-0.05, 0) is 12.1 Å². The Kier molecular flexibility index (Phi) is 3.03. The summed E-state index contributed by atoms with van der Waals surface area (Å²) in [6.45, 7) is 5.27. The van der Waals surface area contributed by atoms with Gasteiger partial charge in [0.2, 0.25) is 0 Å². The van der Waals surface area contributed by atoms with Gasteiger partial charge in [-0.25, -0.2) is 9.78 Å². The van der Waals surface area contributed by atoms with E-state index in [0.29, 0.717) is 0 Å². The summed E-state index contributed by atoms with van der Waals surface area (Å²) in [6, 6.07) is 1.69. The third kappa shape index (κ3) is 2.35. The first kappa shape index (κ1) is 14.4. The molecule has 0 fully saturated rings. The Morgan fingerprint density at radius 3 is 2.35 bits per heavy atom. The van der Waals surface area contributed by atoms with E-state index in [-0.39, 0.29) is 17.0 Å². The highest BCUT2D eigenvalue weighted by molar-refractivity contribution is 5.88. The molecule has 4 nitrogen and oxygen atoms in total. The van der Waals surface area contributed by atoms with Crippen molar-refractivity contribution in [2.24, 2.45) is 0 Å². The van der Waals surface area contributed by atoms with E-state index >= 15 is 0 Å². The van der Waals surface area contributed by atoms with Gasteiger partial charge in [-0.3, -0.25) is 4.40 Å². The zero-order valence-electron chi connectivity index (χ0n) is 11.1. The Morgan fingerprint density at radius 2 is 1.90 bits per heavy atom. The molecular formula is C13H13F3N2O2. The van der Waals surface area contributed by atoms with Crippen LogP contribution in [0.2, 0.25) is 0 Å². The van der Waals surface area contributed by atoms with Crippen molar-refractivity contribution < 1.29 is 23.1 Å². The molecule has 0 aliphatic heterocycles. The second-order valence-electron chi connectivity index (χ2n) is 5.51. The molecule has 2 heterocycles. The minimum absolute atomic E-state index is 0.0258. The van der Waals surface area contributed by atoms with E-state index in [1.807, 2.05) is 0 Å². The minimum atomic E-state index is -4.49. The molecule has 0 bridgehead atoms. The molecule has 7 heteroatoms. The topological polar surface area (TPSA) is 54.6 Å². The number of halogens is 3. The molecule has 0 aliphatic carbocycles. The fourth-order valence-electron chi connectivity index (χ4n) is 1.95. The maximum atomic E-state index is 12.7. The maximum Gasteiger partial charge on any atom is 0.416 e. The fourth-order valence-corrected chi connectivity index (χ4v) is 1.95. The second kappa shape index (κ2) is 4.22. The molecule has 108 valence electrons. The van der Waals surface area contributed by atoms with Crippen molar-refractivity contribution in [2.75, 3.05) is 0 Å². The van der Waals surface area contributed by atoms with Gasteiger partial charge in [0.1, 0.15) is 5.65 Å². The first-order chi connectivity index (χ1) is 9.01. The molecule has 0 atom stereocenters. The van der Waals surface area contributed by atoms with Gasteiger partial charge in [0, 0.05) is 11.6 Å². The highest BCUT2D eigenvalue weighted by Gasteiger charge is 2.33. The number of fused-ring (bicyclic) bond motifs is 1. The number of aromatic carboxylic acids is 1. The number of aromatic nitrogens is 2. The van der Waals surface area contributed by atoms with Crippen molar-refractivity contribution in [1.29, 1.82) is 0 Å². The number of pyridine rings is 1. The average molecular weight is 286 g/mol. The molecule has 0 unspecified atom stereocenters. The number of carboxylic acid groups (broad SMARTS) is 1. The predicted molar refractivity (Wildman–Crippen MR) is 65.9 cm³/mol. The third-order valence-electron chi connectivity index (χ3n) is 2.87. The summed E-state index contributed by atoms with van der Waals surface area (Å²) in [5.74, 6) is -1.22. The lowest BCUT2D eigenvalue weighted by atomic mass is 9.91. The standard InChI is InChI=1S/C13H13F3N2O2/c1-12(2,3)10-9(11(19)20)18-5-4-7(13(14,15)16)6-8(18)17-10/h4-6H,1-3H3,(H,19,20). The van der Waals surface area contributed by atoms with Crippen LogP contribution in [0.1, 0.15) is 42.5 Å². The van der Waals surface area contributed by atoms with E-state index in [2.05, 4.69) is 4.98 Å². The smallest absolute Gasteiger partial charge is 0.416 e. The molecule has 0 radical (unpaired) electrons. The fraction of sp³-hybridized carbons (Fsp3) is 0.385. The first-order valence-electron chi connectivity index (χ1n) is 5.85. The summed E-state index contributed by atoms with van der Waals surface area (Å²) >= 11 is 0. The van der Waals surface area contributed by atoms with Crippen LogP contribution in [-0.2, 0) is 11.6 Å². The van der Waals surface area contributed by atoms with Gasteiger partial charge in [0.05, 0.1) is 11.3 Å². The van der Waals surface area contributed by atoms with Crippen LogP contribution in [0.3, 0.4) is 0 Å². The summed E-state index contributed by atoms with van der Waals surface area (Å²) < 4.78 is 39.2.